The molecule has 33 heavy (non-hydrogen) atoms. The fourth-order valence-corrected chi connectivity index (χ4v) is 5.12. The zero-order valence-electron chi connectivity index (χ0n) is 19.3. The number of halogens is 1. The number of hydrogen-bond acceptors (Lipinski definition) is 7. The summed E-state index contributed by atoms with van der Waals surface area (Å²) in [6.07, 6.45) is 4.83. The van der Waals surface area contributed by atoms with Crippen LogP contribution in [0.5, 0.6) is 5.75 Å². The third-order valence-corrected chi connectivity index (χ3v) is 6.83. The molecule has 0 unspecified atom stereocenters. The van der Waals surface area contributed by atoms with Crippen LogP contribution in [0, 0.1) is 12.7 Å². The van der Waals surface area contributed by atoms with Gasteiger partial charge in [0.15, 0.2) is 0 Å². The lowest BCUT2D eigenvalue weighted by atomic mass is 10.2. The predicted molar refractivity (Wildman–Crippen MR) is 130 cm³/mol. The monoisotopic (exact) mass is 471 g/mol. The van der Waals surface area contributed by atoms with Crippen molar-refractivity contribution < 1.29 is 13.9 Å². The first-order valence-electron chi connectivity index (χ1n) is 11.4. The predicted octanol–water partition coefficient (Wildman–Crippen LogP) is 4.89. The minimum Gasteiger partial charge on any atom is -0.489 e. The Kier molecular flexibility index (Phi) is 7.39. The standard InChI is InChI=1S/C24H30FN5O2S/c1-15(2)32-19-13-17(25)7-8-18(19)29-22-20-16(3)21(33-24(20)28-14-27-22)23(31)26-9-6-12-30-10-4-5-11-30/h7-8,13-15H,4-6,9-12H2,1-3H3,(H,26,31)(H,27,28,29). The van der Waals surface area contributed by atoms with Gasteiger partial charge in [0.2, 0.25) is 0 Å². The number of amides is 1. The molecule has 7 nitrogen and oxygen atoms in total. The molecule has 0 atom stereocenters. The molecule has 4 rings (SSSR count). The van der Waals surface area contributed by atoms with Crippen molar-refractivity contribution >= 4 is 39.0 Å². The zero-order chi connectivity index (χ0) is 23.4. The summed E-state index contributed by atoms with van der Waals surface area (Å²) in [5.74, 6) is 0.496. The van der Waals surface area contributed by atoms with E-state index in [9.17, 15) is 9.18 Å². The summed E-state index contributed by atoms with van der Waals surface area (Å²) in [6, 6.07) is 4.34. The lowest BCUT2D eigenvalue weighted by Crippen LogP contribution is -2.28. The highest BCUT2D eigenvalue weighted by atomic mass is 32.1. The fourth-order valence-electron chi connectivity index (χ4n) is 4.05. The molecule has 1 aromatic carbocycles. The molecule has 1 fully saturated rings. The van der Waals surface area contributed by atoms with E-state index in [4.69, 9.17) is 4.74 Å². The first kappa shape index (κ1) is 23.4. The van der Waals surface area contributed by atoms with Crippen molar-refractivity contribution in [2.24, 2.45) is 0 Å². The van der Waals surface area contributed by atoms with Crippen LogP contribution in [0.15, 0.2) is 24.5 Å². The second-order valence-corrected chi connectivity index (χ2v) is 9.55. The van der Waals surface area contributed by atoms with Crippen LogP contribution in [0.4, 0.5) is 15.9 Å². The molecule has 1 amide bonds. The lowest BCUT2D eigenvalue weighted by Gasteiger charge is -2.16. The largest absolute Gasteiger partial charge is 0.489 e. The van der Waals surface area contributed by atoms with Crippen LogP contribution in [-0.4, -0.2) is 53.1 Å². The number of nitrogens with zero attached hydrogens (tertiary/aromatic N) is 3. The van der Waals surface area contributed by atoms with E-state index in [0.717, 1.165) is 41.8 Å². The van der Waals surface area contributed by atoms with Crippen LogP contribution in [0.1, 0.15) is 48.3 Å². The molecule has 1 aliphatic heterocycles. The van der Waals surface area contributed by atoms with Gasteiger partial charge >= 0.3 is 0 Å². The third kappa shape index (κ3) is 5.59. The highest BCUT2D eigenvalue weighted by Gasteiger charge is 2.20. The topological polar surface area (TPSA) is 79.4 Å². The number of anilines is 2. The van der Waals surface area contributed by atoms with E-state index < -0.39 is 0 Å². The highest BCUT2D eigenvalue weighted by molar-refractivity contribution is 7.20. The number of aryl methyl sites for hydroxylation is 1. The number of ether oxygens (including phenoxy) is 1. The molecule has 0 aliphatic carbocycles. The normalized spacial score (nSPS) is 14.2. The maximum atomic E-state index is 13.8. The number of aromatic nitrogens is 2. The summed E-state index contributed by atoms with van der Waals surface area (Å²) < 4.78 is 19.5. The van der Waals surface area contributed by atoms with Crippen molar-refractivity contribution in [3.8, 4) is 5.75 Å². The molecule has 2 aromatic heterocycles. The smallest absolute Gasteiger partial charge is 0.261 e. The molecule has 9 heteroatoms. The number of benzene rings is 1. The van der Waals surface area contributed by atoms with E-state index in [-0.39, 0.29) is 17.8 Å². The van der Waals surface area contributed by atoms with Gasteiger partial charge in [-0.3, -0.25) is 4.79 Å². The average Bonchev–Trinajstić information content (AvgIpc) is 3.41. The van der Waals surface area contributed by atoms with Crippen molar-refractivity contribution in [1.82, 2.24) is 20.2 Å². The van der Waals surface area contributed by atoms with Crippen LogP contribution in [-0.2, 0) is 0 Å². The second-order valence-electron chi connectivity index (χ2n) is 8.55. The zero-order valence-corrected chi connectivity index (χ0v) is 20.1. The molecule has 0 spiro atoms. The second kappa shape index (κ2) is 10.4. The maximum absolute atomic E-state index is 13.8. The van der Waals surface area contributed by atoms with Crippen LogP contribution in [0.3, 0.4) is 0 Å². The Morgan fingerprint density at radius 2 is 2.06 bits per heavy atom. The number of thiophene rings is 1. The van der Waals surface area contributed by atoms with Crippen molar-refractivity contribution in [2.45, 2.75) is 46.1 Å². The van der Waals surface area contributed by atoms with Gasteiger partial charge in [-0.2, -0.15) is 0 Å². The first-order chi connectivity index (χ1) is 15.9. The van der Waals surface area contributed by atoms with Gasteiger partial charge < -0.3 is 20.3 Å². The van der Waals surface area contributed by atoms with Crippen LogP contribution >= 0.6 is 11.3 Å². The molecule has 1 aliphatic rings. The number of likely N-dealkylation sites (tertiary alicyclic amines) is 1. The number of fused-ring (bicyclic) bond motifs is 1. The quantitative estimate of drug-likeness (QED) is 0.433. The van der Waals surface area contributed by atoms with Gasteiger partial charge in [-0.05, 0) is 77.4 Å². The van der Waals surface area contributed by atoms with E-state index in [1.807, 2.05) is 20.8 Å². The molecule has 0 saturated carbocycles. The number of carbonyl (C=O) groups excluding carboxylic acids is 1. The van der Waals surface area contributed by atoms with Gasteiger partial charge in [0, 0.05) is 12.6 Å². The lowest BCUT2D eigenvalue weighted by molar-refractivity contribution is 0.0955. The van der Waals surface area contributed by atoms with Gasteiger partial charge in [0.05, 0.1) is 22.1 Å². The minimum absolute atomic E-state index is 0.0894. The van der Waals surface area contributed by atoms with Crippen molar-refractivity contribution in [3.63, 3.8) is 0 Å². The molecule has 0 bridgehead atoms. The van der Waals surface area contributed by atoms with Crippen LogP contribution in [0.25, 0.3) is 10.2 Å². The molecule has 2 N–H and O–H groups in total. The summed E-state index contributed by atoms with van der Waals surface area (Å²) in [4.78, 5) is 25.4. The summed E-state index contributed by atoms with van der Waals surface area (Å²) in [5, 5.41) is 7.08. The number of nitrogens with one attached hydrogen (secondary N) is 2. The highest BCUT2D eigenvalue weighted by Crippen LogP contribution is 2.36. The third-order valence-electron chi connectivity index (χ3n) is 5.63. The Bertz CT molecular complexity index is 1130. The van der Waals surface area contributed by atoms with Gasteiger partial charge in [-0.1, -0.05) is 0 Å². The molecule has 3 heterocycles. The Morgan fingerprint density at radius 1 is 1.27 bits per heavy atom. The van der Waals surface area contributed by atoms with Gasteiger partial charge in [0.1, 0.15) is 28.5 Å². The van der Waals surface area contributed by atoms with Crippen molar-refractivity contribution in [3.05, 3.63) is 40.8 Å². The van der Waals surface area contributed by atoms with E-state index in [1.165, 1.54) is 42.6 Å². The molecular weight excluding hydrogens is 441 g/mol. The number of rotatable bonds is 9. The SMILES string of the molecule is Cc1c(C(=O)NCCCN2CCCC2)sc2ncnc(Nc3ccc(F)cc3OC(C)C)c12. The van der Waals surface area contributed by atoms with Gasteiger partial charge in [-0.25, -0.2) is 14.4 Å². The molecule has 1 saturated heterocycles. The van der Waals surface area contributed by atoms with Crippen molar-refractivity contribution in [1.29, 1.82) is 0 Å². The van der Waals surface area contributed by atoms with Crippen LogP contribution in [0.2, 0.25) is 0 Å². The average molecular weight is 472 g/mol. The van der Waals surface area contributed by atoms with E-state index in [0.29, 0.717) is 28.7 Å². The Balaban J connectivity index is 1.51. The maximum Gasteiger partial charge on any atom is 0.261 e. The summed E-state index contributed by atoms with van der Waals surface area (Å²) in [6.45, 7) is 9.66. The van der Waals surface area contributed by atoms with Gasteiger partial charge in [-0.15, -0.1) is 11.3 Å². The minimum atomic E-state index is -0.376. The molecule has 0 radical (unpaired) electrons. The van der Waals surface area contributed by atoms with E-state index in [2.05, 4.69) is 25.5 Å². The first-order valence-corrected chi connectivity index (χ1v) is 12.2. The Hall–Kier alpha value is -2.78. The Labute approximate surface area is 197 Å². The summed E-state index contributed by atoms with van der Waals surface area (Å²) >= 11 is 1.35. The Morgan fingerprint density at radius 3 is 2.82 bits per heavy atom. The number of hydrogen-bond donors (Lipinski definition) is 2. The fraction of sp³-hybridized carbons (Fsp3) is 0.458. The molecule has 176 valence electrons. The van der Waals surface area contributed by atoms with E-state index in [1.54, 1.807) is 6.07 Å². The summed E-state index contributed by atoms with van der Waals surface area (Å²) in [5.41, 5.74) is 1.42. The van der Waals surface area contributed by atoms with Gasteiger partial charge in [0.25, 0.3) is 5.91 Å². The molecule has 3 aromatic rings. The molecular formula is C24H30FN5O2S. The summed E-state index contributed by atoms with van der Waals surface area (Å²) in [7, 11) is 0. The van der Waals surface area contributed by atoms with E-state index >= 15 is 0 Å². The van der Waals surface area contributed by atoms with Crippen LogP contribution < -0.4 is 15.4 Å². The number of carbonyl (C=O) groups is 1. The van der Waals surface area contributed by atoms with Crippen molar-refractivity contribution in [2.75, 3.05) is 31.5 Å².